The van der Waals surface area contributed by atoms with Crippen LogP contribution >= 0.6 is 11.3 Å². The van der Waals surface area contributed by atoms with E-state index in [9.17, 15) is 18.0 Å². The maximum atomic E-state index is 11.7. The number of thiazole rings is 1. The van der Waals surface area contributed by atoms with Gasteiger partial charge >= 0.3 is 12.1 Å². The number of carbonyl (C=O) groups is 2. The number of ether oxygens (including phenoxy) is 1. The van der Waals surface area contributed by atoms with Gasteiger partial charge in [0.1, 0.15) is 6.10 Å². The van der Waals surface area contributed by atoms with Crippen LogP contribution in [0.3, 0.4) is 0 Å². The molecule has 11 heteroatoms. The van der Waals surface area contributed by atoms with Crippen molar-refractivity contribution < 1.29 is 32.6 Å². The Kier molecular flexibility index (Phi) is 7.18. The summed E-state index contributed by atoms with van der Waals surface area (Å²) in [7, 11) is 1.67. The van der Waals surface area contributed by atoms with Crippen molar-refractivity contribution in [3.05, 3.63) is 16.1 Å². The fourth-order valence-electron chi connectivity index (χ4n) is 3.18. The number of hydrogen-bond donors (Lipinski definition) is 2. The monoisotopic (exact) mass is 409 g/mol. The number of piperidine rings is 1. The number of likely N-dealkylation sites (tertiary alicyclic amines) is 1. The van der Waals surface area contributed by atoms with Crippen molar-refractivity contribution in [1.29, 1.82) is 0 Å². The summed E-state index contributed by atoms with van der Waals surface area (Å²) >= 11 is 1.70. The number of aryl methyl sites for hydroxylation is 1. The van der Waals surface area contributed by atoms with Crippen LogP contribution < -0.4 is 5.32 Å². The third-order valence-corrected chi connectivity index (χ3v) is 5.29. The molecule has 2 aliphatic heterocycles. The summed E-state index contributed by atoms with van der Waals surface area (Å²) in [4.78, 5) is 27.5. The van der Waals surface area contributed by atoms with E-state index in [0.717, 1.165) is 43.2 Å². The molecule has 2 N–H and O–H groups in total. The number of carboxylic acids is 1. The number of hydrogen-bond acceptors (Lipinski definition) is 6. The Bertz CT molecular complexity index is 668. The van der Waals surface area contributed by atoms with Crippen molar-refractivity contribution in [3.63, 3.8) is 0 Å². The number of aliphatic carboxylic acids is 1. The lowest BCUT2D eigenvalue weighted by molar-refractivity contribution is -0.192. The molecule has 0 aromatic carbocycles. The van der Waals surface area contributed by atoms with E-state index in [-0.39, 0.29) is 18.1 Å². The highest BCUT2D eigenvalue weighted by Gasteiger charge is 2.41. The molecule has 0 aliphatic carbocycles. The molecule has 2 saturated heterocycles. The summed E-state index contributed by atoms with van der Waals surface area (Å²) < 4.78 is 37.7. The third-order valence-electron chi connectivity index (χ3n) is 4.47. The first-order valence-corrected chi connectivity index (χ1v) is 9.28. The number of carboxylic acid groups (broad SMARTS) is 1. The van der Waals surface area contributed by atoms with Crippen molar-refractivity contribution in [2.24, 2.45) is 5.92 Å². The molecule has 152 valence electrons. The molecular weight excluding hydrogens is 387 g/mol. The molecule has 2 aliphatic rings. The second-order valence-corrected chi connectivity index (χ2v) is 7.52. The zero-order valence-electron chi connectivity index (χ0n) is 15.0. The maximum absolute atomic E-state index is 11.7. The minimum atomic E-state index is -5.08. The number of nitrogens with zero attached hydrogens (tertiary/aromatic N) is 2. The molecule has 27 heavy (non-hydrogen) atoms. The number of amides is 1. The smallest absolute Gasteiger partial charge is 0.475 e. The molecule has 0 saturated carbocycles. The lowest BCUT2D eigenvalue weighted by Gasteiger charge is -2.33. The van der Waals surface area contributed by atoms with E-state index >= 15 is 0 Å². The molecule has 1 aromatic heterocycles. The first-order valence-electron chi connectivity index (χ1n) is 8.40. The topological polar surface area (TPSA) is 91.8 Å². The summed E-state index contributed by atoms with van der Waals surface area (Å²) in [6.07, 6.45) is -3.16. The number of carbonyl (C=O) groups excluding carboxylic acids is 1. The Morgan fingerprint density at radius 1 is 1.48 bits per heavy atom. The molecule has 0 radical (unpaired) electrons. The predicted molar refractivity (Wildman–Crippen MR) is 91.3 cm³/mol. The maximum Gasteiger partial charge on any atom is 0.490 e. The van der Waals surface area contributed by atoms with E-state index in [1.54, 1.807) is 18.4 Å². The van der Waals surface area contributed by atoms with Gasteiger partial charge in [0.25, 0.3) is 0 Å². The zero-order chi connectivity index (χ0) is 20.2. The normalized spacial score (nSPS) is 25.3. The summed E-state index contributed by atoms with van der Waals surface area (Å²) in [5.74, 6) is -2.21. The van der Waals surface area contributed by atoms with Gasteiger partial charge in [0.2, 0.25) is 5.91 Å². The molecule has 2 fully saturated rings. The summed E-state index contributed by atoms with van der Waals surface area (Å²) in [5.41, 5.74) is 1.15. The van der Waals surface area contributed by atoms with E-state index in [1.165, 1.54) is 0 Å². The van der Waals surface area contributed by atoms with Gasteiger partial charge in [-0.3, -0.25) is 9.69 Å². The SMILES string of the molecule is CNC(=O)[C@H]1C[C@@H]2CCN(Cc3csc(C)n3)C[C@H]2O1.O=C(O)C(F)(F)F. The number of likely N-dealkylation sites (N-methyl/N-ethyl adjacent to an activating group) is 1. The number of alkyl halides is 3. The number of fused-ring (bicyclic) bond motifs is 1. The van der Waals surface area contributed by atoms with Crippen molar-refractivity contribution >= 4 is 23.2 Å². The van der Waals surface area contributed by atoms with Gasteiger partial charge in [-0.1, -0.05) is 0 Å². The Hall–Kier alpha value is -1.72. The number of aromatic nitrogens is 1. The van der Waals surface area contributed by atoms with E-state index in [2.05, 4.69) is 20.6 Å². The van der Waals surface area contributed by atoms with E-state index in [4.69, 9.17) is 14.6 Å². The van der Waals surface area contributed by atoms with Crippen molar-refractivity contribution in [2.45, 2.75) is 44.7 Å². The molecule has 7 nitrogen and oxygen atoms in total. The van der Waals surface area contributed by atoms with Crippen molar-refractivity contribution in [3.8, 4) is 0 Å². The van der Waals surface area contributed by atoms with Gasteiger partial charge < -0.3 is 15.2 Å². The van der Waals surface area contributed by atoms with Gasteiger partial charge in [-0.25, -0.2) is 9.78 Å². The van der Waals surface area contributed by atoms with Crippen LogP contribution in [0.2, 0.25) is 0 Å². The van der Waals surface area contributed by atoms with Crippen LogP contribution in [0, 0.1) is 12.8 Å². The lowest BCUT2D eigenvalue weighted by atomic mass is 9.91. The summed E-state index contributed by atoms with van der Waals surface area (Å²) in [5, 5.41) is 13.1. The molecule has 1 aromatic rings. The van der Waals surface area contributed by atoms with Crippen molar-refractivity contribution in [1.82, 2.24) is 15.2 Å². The fraction of sp³-hybridized carbons (Fsp3) is 0.688. The molecule has 1 amide bonds. The molecule has 0 bridgehead atoms. The number of rotatable bonds is 3. The van der Waals surface area contributed by atoms with Crippen LogP contribution in [-0.2, 0) is 20.9 Å². The van der Waals surface area contributed by atoms with Crippen LogP contribution in [0.25, 0.3) is 0 Å². The number of halogens is 3. The van der Waals surface area contributed by atoms with Gasteiger partial charge in [0.15, 0.2) is 0 Å². The van der Waals surface area contributed by atoms with Gasteiger partial charge in [0.05, 0.1) is 16.8 Å². The zero-order valence-corrected chi connectivity index (χ0v) is 15.8. The first kappa shape index (κ1) is 21.6. The molecule has 3 heterocycles. The largest absolute Gasteiger partial charge is 0.490 e. The van der Waals surface area contributed by atoms with Gasteiger partial charge in [0, 0.05) is 25.5 Å². The van der Waals surface area contributed by atoms with Gasteiger partial charge in [-0.05, 0) is 32.2 Å². The Morgan fingerprint density at radius 2 is 2.15 bits per heavy atom. The highest BCUT2D eigenvalue weighted by Crippen LogP contribution is 2.33. The van der Waals surface area contributed by atoms with Crippen LogP contribution in [0.1, 0.15) is 23.5 Å². The molecular formula is C16H22F3N3O4S. The molecule has 3 atom stereocenters. The Balaban J connectivity index is 0.000000321. The summed E-state index contributed by atoms with van der Waals surface area (Å²) in [6.45, 7) is 4.91. The minimum Gasteiger partial charge on any atom is -0.475 e. The van der Waals surface area contributed by atoms with Crippen LogP contribution in [-0.4, -0.2) is 65.4 Å². The Labute approximate surface area is 158 Å². The third kappa shape index (κ3) is 6.15. The summed E-state index contributed by atoms with van der Waals surface area (Å²) in [6, 6.07) is 0. The highest BCUT2D eigenvalue weighted by atomic mass is 32.1. The van der Waals surface area contributed by atoms with E-state index in [0.29, 0.717) is 5.92 Å². The predicted octanol–water partition coefficient (Wildman–Crippen LogP) is 1.81. The highest BCUT2D eigenvalue weighted by molar-refractivity contribution is 7.09. The molecule has 0 spiro atoms. The lowest BCUT2D eigenvalue weighted by Crippen LogP contribution is -2.42. The average molecular weight is 409 g/mol. The van der Waals surface area contributed by atoms with E-state index < -0.39 is 12.1 Å². The Morgan fingerprint density at radius 3 is 2.67 bits per heavy atom. The van der Waals surface area contributed by atoms with Gasteiger partial charge in [-0.2, -0.15) is 13.2 Å². The van der Waals surface area contributed by atoms with Crippen LogP contribution in [0.5, 0.6) is 0 Å². The average Bonchev–Trinajstić information content (AvgIpc) is 3.19. The minimum absolute atomic E-state index is 0.0149. The fourth-order valence-corrected chi connectivity index (χ4v) is 3.78. The van der Waals surface area contributed by atoms with Crippen LogP contribution in [0.15, 0.2) is 5.38 Å². The second kappa shape index (κ2) is 8.98. The van der Waals surface area contributed by atoms with Crippen molar-refractivity contribution in [2.75, 3.05) is 20.1 Å². The van der Waals surface area contributed by atoms with Gasteiger partial charge in [-0.15, -0.1) is 11.3 Å². The quantitative estimate of drug-likeness (QED) is 0.791. The first-order chi connectivity index (χ1) is 12.6. The molecule has 3 rings (SSSR count). The van der Waals surface area contributed by atoms with Crippen LogP contribution in [0.4, 0.5) is 13.2 Å². The molecule has 0 unspecified atom stereocenters. The number of nitrogens with one attached hydrogen (secondary N) is 1. The second-order valence-electron chi connectivity index (χ2n) is 6.46. The standard InChI is InChI=1S/C14H21N3O2S.C2HF3O2/c1-9-16-11(8-20-9)6-17-4-3-10-5-12(14(18)15-2)19-13(10)7-17;3-2(4,5)1(6)7/h8,10,12-13H,3-7H2,1-2H3,(H,15,18);(H,6,7)/t10-,12+,13+;/m0./s1. The van der Waals surface area contributed by atoms with E-state index in [1.807, 2.05) is 6.92 Å².